The Kier molecular flexibility index (Phi) is 4.49. The zero-order valence-corrected chi connectivity index (χ0v) is 12.0. The number of carbonyl (C=O) groups excluding carboxylic acids is 1. The molecule has 114 valence electrons. The monoisotopic (exact) mass is 285 g/mol. The summed E-state index contributed by atoms with van der Waals surface area (Å²) in [5, 5.41) is 20.8. The molecule has 0 bridgehead atoms. The maximum absolute atomic E-state index is 12.2. The van der Waals surface area contributed by atoms with E-state index in [-0.39, 0.29) is 6.04 Å². The first-order valence-electron chi connectivity index (χ1n) is 7.12. The SMILES string of the molecule is CC1CN2CCCC2CN1C(=O)N[C@H](C(=O)O)[C@@H](C)O. The molecule has 2 fully saturated rings. The molecule has 0 aromatic rings. The summed E-state index contributed by atoms with van der Waals surface area (Å²) in [4.78, 5) is 27.3. The van der Waals surface area contributed by atoms with Crippen LogP contribution in [0.15, 0.2) is 0 Å². The highest BCUT2D eigenvalue weighted by Gasteiger charge is 2.37. The molecule has 0 radical (unpaired) electrons. The fourth-order valence-corrected chi connectivity index (χ4v) is 3.07. The van der Waals surface area contributed by atoms with Gasteiger partial charge < -0.3 is 20.4 Å². The number of aliphatic hydroxyl groups excluding tert-OH is 1. The van der Waals surface area contributed by atoms with Crippen LogP contribution in [0.25, 0.3) is 0 Å². The van der Waals surface area contributed by atoms with E-state index < -0.39 is 24.1 Å². The summed E-state index contributed by atoms with van der Waals surface area (Å²) >= 11 is 0. The van der Waals surface area contributed by atoms with Crippen molar-refractivity contribution in [1.82, 2.24) is 15.1 Å². The molecule has 7 heteroatoms. The van der Waals surface area contributed by atoms with Crippen molar-refractivity contribution in [2.24, 2.45) is 0 Å². The maximum Gasteiger partial charge on any atom is 0.328 e. The van der Waals surface area contributed by atoms with E-state index in [2.05, 4.69) is 10.2 Å². The van der Waals surface area contributed by atoms with E-state index in [9.17, 15) is 14.7 Å². The Morgan fingerprint density at radius 3 is 2.65 bits per heavy atom. The predicted octanol–water partition coefficient (Wildman–Crippen LogP) is -0.301. The number of nitrogens with zero attached hydrogens (tertiary/aromatic N) is 2. The second kappa shape index (κ2) is 5.97. The Balaban J connectivity index is 1.99. The van der Waals surface area contributed by atoms with E-state index in [1.807, 2.05) is 6.92 Å². The number of piperazine rings is 1. The van der Waals surface area contributed by atoms with E-state index in [1.54, 1.807) is 4.90 Å². The lowest BCUT2D eigenvalue weighted by molar-refractivity contribution is -0.141. The summed E-state index contributed by atoms with van der Waals surface area (Å²) in [7, 11) is 0. The fourth-order valence-electron chi connectivity index (χ4n) is 3.07. The molecule has 2 unspecified atom stereocenters. The summed E-state index contributed by atoms with van der Waals surface area (Å²) in [5.74, 6) is -1.22. The Morgan fingerprint density at radius 1 is 1.35 bits per heavy atom. The van der Waals surface area contributed by atoms with E-state index in [0.717, 1.165) is 25.9 Å². The van der Waals surface area contributed by atoms with Crippen molar-refractivity contribution in [2.45, 2.75) is 50.9 Å². The van der Waals surface area contributed by atoms with Gasteiger partial charge in [0.2, 0.25) is 0 Å². The van der Waals surface area contributed by atoms with Crippen LogP contribution in [0, 0.1) is 0 Å². The molecule has 2 rings (SSSR count). The van der Waals surface area contributed by atoms with Crippen LogP contribution < -0.4 is 5.32 Å². The van der Waals surface area contributed by atoms with E-state index in [0.29, 0.717) is 12.6 Å². The van der Waals surface area contributed by atoms with Crippen molar-refractivity contribution in [3.63, 3.8) is 0 Å². The van der Waals surface area contributed by atoms with Crippen molar-refractivity contribution < 1.29 is 19.8 Å². The first kappa shape index (κ1) is 15.1. The van der Waals surface area contributed by atoms with Crippen molar-refractivity contribution in [3.05, 3.63) is 0 Å². The number of aliphatic hydroxyl groups is 1. The molecule has 4 atom stereocenters. The Bertz CT molecular complexity index is 388. The Labute approximate surface area is 118 Å². The number of hydrogen-bond donors (Lipinski definition) is 3. The largest absolute Gasteiger partial charge is 0.480 e. The molecule has 20 heavy (non-hydrogen) atoms. The number of carbonyl (C=O) groups is 2. The third-order valence-electron chi connectivity index (χ3n) is 4.23. The minimum atomic E-state index is -1.27. The molecule has 2 aliphatic rings. The molecule has 2 aliphatic heterocycles. The molecule has 2 heterocycles. The highest BCUT2D eigenvalue weighted by molar-refractivity contribution is 5.83. The number of hydrogen-bond acceptors (Lipinski definition) is 4. The minimum Gasteiger partial charge on any atom is -0.480 e. The van der Waals surface area contributed by atoms with Gasteiger partial charge in [-0.3, -0.25) is 4.90 Å². The quantitative estimate of drug-likeness (QED) is 0.662. The lowest BCUT2D eigenvalue weighted by atomic mass is 10.1. The van der Waals surface area contributed by atoms with Crippen molar-refractivity contribution in [3.8, 4) is 0 Å². The zero-order chi connectivity index (χ0) is 14.9. The van der Waals surface area contributed by atoms with Gasteiger partial charge in [-0.1, -0.05) is 0 Å². The second-order valence-electron chi connectivity index (χ2n) is 5.80. The van der Waals surface area contributed by atoms with Gasteiger partial charge in [-0.2, -0.15) is 0 Å². The maximum atomic E-state index is 12.2. The average Bonchev–Trinajstić information content (AvgIpc) is 2.80. The summed E-state index contributed by atoms with van der Waals surface area (Å²) in [6.07, 6.45) is 1.10. The summed E-state index contributed by atoms with van der Waals surface area (Å²) in [6, 6.07) is -1.24. The van der Waals surface area contributed by atoms with Crippen LogP contribution in [0.3, 0.4) is 0 Å². The number of fused-ring (bicyclic) bond motifs is 1. The molecule has 0 aliphatic carbocycles. The van der Waals surface area contributed by atoms with Gasteiger partial charge in [-0.25, -0.2) is 9.59 Å². The number of urea groups is 1. The summed E-state index contributed by atoms with van der Waals surface area (Å²) in [5.41, 5.74) is 0. The normalized spacial score (nSPS) is 29.6. The van der Waals surface area contributed by atoms with Crippen LogP contribution >= 0.6 is 0 Å². The summed E-state index contributed by atoms with van der Waals surface area (Å²) in [6.45, 7) is 5.85. The van der Waals surface area contributed by atoms with Crippen LogP contribution in [-0.2, 0) is 4.79 Å². The second-order valence-corrected chi connectivity index (χ2v) is 5.80. The lowest BCUT2D eigenvalue weighted by Crippen LogP contribution is -2.61. The number of rotatable bonds is 3. The molecule has 2 amide bonds. The third-order valence-corrected chi connectivity index (χ3v) is 4.23. The van der Waals surface area contributed by atoms with E-state index in [4.69, 9.17) is 5.11 Å². The Morgan fingerprint density at radius 2 is 2.05 bits per heavy atom. The standard InChI is InChI=1S/C13H23N3O4/c1-8-6-15-5-3-4-10(15)7-16(8)13(20)14-11(9(2)17)12(18)19/h8-11,17H,3-7H2,1-2H3,(H,14,20)(H,18,19)/t8?,9-,10?,11+/m1/s1. The highest BCUT2D eigenvalue weighted by Crippen LogP contribution is 2.24. The van der Waals surface area contributed by atoms with Crippen molar-refractivity contribution >= 4 is 12.0 Å². The summed E-state index contributed by atoms with van der Waals surface area (Å²) < 4.78 is 0. The van der Waals surface area contributed by atoms with Gasteiger partial charge in [0.25, 0.3) is 0 Å². The molecule has 2 saturated heterocycles. The number of carboxylic acid groups (broad SMARTS) is 1. The molecule has 0 saturated carbocycles. The van der Waals surface area contributed by atoms with Gasteiger partial charge in [0.1, 0.15) is 0 Å². The van der Waals surface area contributed by atoms with Gasteiger partial charge in [-0.05, 0) is 33.2 Å². The molecular weight excluding hydrogens is 262 g/mol. The number of aliphatic carboxylic acids is 1. The van der Waals surface area contributed by atoms with Gasteiger partial charge in [-0.15, -0.1) is 0 Å². The number of carboxylic acids is 1. The molecule has 3 N–H and O–H groups in total. The van der Waals surface area contributed by atoms with Crippen LogP contribution in [-0.4, -0.2) is 75.9 Å². The molecule has 0 spiro atoms. The fraction of sp³-hybridized carbons (Fsp3) is 0.846. The number of nitrogens with one attached hydrogen (secondary N) is 1. The predicted molar refractivity (Wildman–Crippen MR) is 72.4 cm³/mol. The first-order chi connectivity index (χ1) is 9.40. The van der Waals surface area contributed by atoms with Crippen molar-refractivity contribution in [1.29, 1.82) is 0 Å². The topological polar surface area (TPSA) is 93.1 Å². The smallest absolute Gasteiger partial charge is 0.328 e. The molecule has 0 aromatic carbocycles. The average molecular weight is 285 g/mol. The zero-order valence-electron chi connectivity index (χ0n) is 12.0. The van der Waals surface area contributed by atoms with Gasteiger partial charge in [0, 0.05) is 25.2 Å². The van der Waals surface area contributed by atoms with Crippen LogP contribution in [0.1, 0.15) is 26.7 Å². The third kappa shape index (κ3) is 3.04. The Hall–Kier alpha value is -1.34. The molecular formula is C13H23N3O4. The number of amides is 2. The van der Waals surface area contributed by atoms with Gasteiger partial charge >= 0.3 is 12.0 Å². The molecule has 7 nitrogen and oxygen atoms in total. The lowest BCUT2D eigenvalue weighted by Gasteiger charge is -2.42. The minimum absolute atomic E-state index is 0.0489. The van der Waals surface area contributed by atoms with Crippen LogP contribution in [0.2, 0.25) is 0 Å². The van der Waals surface area contributed by atoms with E-state index >= 15 is 0 Å². The van der Waals surface area contributed by atoms with E-state index in [1.165, 1.54) is 6.92 Å². The van der Waals surface area contributed by atoms with Crippen LogP contribution in [0.5, 0.6) is 0 Å². The van der Waals surface area contributed by atoms with Gasteiger partial charge in [0.05, 0.1) is 6.10 Å². The highest BCUT2D eigenvalue weighted by atomic mass is 16.4. The first-order valence-corrected chi connectivity index (χ1v) is 7.12. The van der Waals surface area contributed by atoms with Crippen LogP contribution in [0.4, 0.5) is 4.79 Å². The van der Waals surface area contributed by atoms with Crippen molar-refractivity contribution in [2.75, 3.05) is 19.6 Å². The molecule has 0 aromatic heterocycles. The van der Waals surface area contributed by atoms with Gasteiger partial charge in [0.15, 0.2) is 6.04 Å².